The van der Waals surface area contributed by atoms with Gasteiger partial charge in [-0.2, -0.15) is 0 Å². The van der Waals surface area contributed by atoms with Gasteiger partial charge in [-0.25, -0.2) is 4.98 Å². The van der Waals surface area contributed by atoms with Crippen LogP contribution in [0.5, 0.6) is 5.75 Å². The zero-order valence-electron chi connectivity index (χ0n) is 13.4. The molecule has 26 heavy (non-hydrogen) atoms. The third-order valence-corrected chi connectivity index (χ3v) is 4.57. The van der Waals surface area contributed by atoms with Crippen LogP contribution in [0.25, 0.3) is 11.3 Å². The molecular weight excluding hydrogens is 378 g/mol. The molecule has 1 N–H and O–H groups in total. The minimum absolute atomic E-state index is 0.0262. The highest BCUT2D eigenvalue weighted by Gasteiger charge is 2.20. The topological polar surface area (TPSA) is 94.4 Å². The summed E-state index contributed by atoms with van der Waals surface area (Å²) in [4.78, 5) is 27.1. The zero-order valence-corrected chi connectivity index (χ0v) is 15.0. The fourth-order valence-electron chi connectivity index (χ4n) is 2.28. The zero-order chi connectivity index (χ0) is 18.7. The number of benzene rings is 2. The van der Waals surface area contributed by atoms with Crippen molar-refractivity contribution in [2.45, 2.75) is 0 Å². The lowest BCUT2D eigenvalue weighted by Crippen LogP contribution is -2.13. The van der Waals surface area contributed by atoms with E-state index >= 15 is 0 Å². The summed E-state index contributed by atoms with van der Waals surface area (Å²) in [6, 6.07) is 11.0. The number of thiazole rings is 1. The minimum atomic E-state index is -0.596. The van der Waals surface area contributed by atoms with E-state index in [4.69, 9.17) is 16.3 Å². The molecule has 1 aromatic heterocycles. The van der Waals surface area contributed by atoms with Crippen molar-refractivity contribution in [2.75, 3.05) is 12.4 Å². The van der Waals surface area contributed by atoms with Crippen molar-refractivity contribution < 1.29 is 14.5 Å². The Kier molecular flexibility index (Phi) is 5.15. The summed E-state index contributed by atoms with van der Waals surface area (Å²) in [5.74, 6) is -0.0403. The Morgan fingerprint density at radius 1 is 1.31 bits per heavy atom. The molecular formula is C17H12ClN3O4S. The van der Waals surface area contributed by atoms with Crippen LogP contribution in [-0.2, 0) is 0 Å². The molecule has 0 radical (unpaired) electrons. The number of amides is 1. The van der Waals surface area contributed by atoms with E-state index < -0.39 is 10.8 Å². The largest absolute Gasteiger partial charge is 0.495 e. The summed E-state index contributed by atoms with van der Waals surface area (Å²) >= 11 is 7.32. The van der Waals surface area contributed by atoms with E-state index in [0.29, 0.717) is 21.6 Å². The summed E-state index contributed by atoms with van der Waals surface area (Å²) < 4.78 is 5.11. The summed E-state index contributed by atoms with van der Waals surface area (Å²) in [5.41, 5.74) is 1.10. The quantitative estimate of drug-likeness (QED) is 0.507. The van der Waals surface area contributed by atoms with Crippen LogP contribution in [0, 0.1) is 10.1 Å². The van der Waals surface area contributed by atoms with Gasteiger partial charge >= 0.3 is 0 Å². The van der Waals surface area contributed by atoms with Crippen molar-refractivity contribution in [3.8, 4) is 17.0 Å². The molecule has 1 amide bonds. The van der Waals surface area contributed by atoms with Gasteiger partial charge in [-0.1, -0.05) is 23.7 Å². The molecule has 7 nitrogen and oxygen atoms in total. The molecule has 1 heterocycles. The van der Waals surface area contributed by atoms with Crippen LogP contribution in [0.2, 0.25) is 5.02 Å². The second-order valence-corrected chi connectivity index (χ2v) is 6.38. The Bertz CT molecular complexity index is 990. The van der Waals surface area contributed by atoms with Crippen LogP contribution < -0.4 is 10.1 Å². The predicted molar refractivity (Wildman–Crippen MR) is 100 cm³/mol. The number of halogens is 1. The molecule has 0 aliphatic rings. The number of nitro benzene ring substituents is 1. The van der Waals surface area contributed by atoms with Gasteiger partial charge in [0.15, 0.2) is 5.13 Å². The van der Waals surface area contributed by atoms with E-state index in [0.717, 1.165) is 5.56 Å². The van der Waals surface area contributed by atoms with Crippen molar-refractivity contribution in [3.05, 3.63) is 68.5 Å². The highest BCUT2D eigenvalue weighted by molar-refractivity contribution is 7.14. The standard InChI is InChI=1S/C17H12ClN3O4S/c1-25-15-7-6-10(8-12(15)18)13-9-26-17(19-13)20-16(22)11-4-2-3-5-14(11)21(23)24/h2-9H,1H3,(H,19,20,22). The fraction of sp³-hybridized carbons (Fsp3) is 0.0588. The van der Waals surface area contributed by atoms with E-state index in [1.165, 1.54) is 36.6 Å². The van der Waals surface area contributed by atoms with E-state index in [9.17, 15) is 14.9 Å². The molecule has 0 unspecified atom stereocenters. The van der Waals surface area contributed by atoms with E-state index in [-0.39, 0.29) is 11.3 Å². The number of nitrogens with zero attached hydrogens (tertiary/aromatic N) is 2. The van der Waals surface area contributed by atoms with Crippen molar-refractivity contribution in [3.63, 3.8) is 0 Å². The summed E-state index contributed by atoms with van der Waals surface area (Å²) in [6.45, 7) is 0. The second kappa shape index (κ2) is 7.51. The normalized spacial score (nSPS) is 10.4. The molecule has 0 aliphatic carbocycles. The molecule has 0 spiro atoms. The van der Waals surface area contributed by atoms with E-state index in [2.05, 4.69) is 10.3 Å². The second-order valence-electron chi connectivity index (χ2n) is 5.12. The average Bonchev–Trinajstić information content (AvgIpc) is 3.10. The van der Waals surface area contributed by atoms with Gasteiger partial charge in [0.05, 0.1) is 22.7 Å². The number of rotatable bonds is 5. The number of nitrogens with one attached hydrogen (secondary N) is 1. The van der Waals surface area contributed by atoms with Crippen LogP contribution in [0.3, 0.4) is 0 Å². The number of hydrogen-bond donors (Lipinski definition) is 1. The maximum absolute atomic E-state index is 12.3. The molecule has 132 valence electrons. The summed E-state index contributed by atoms with van der Waals surface area (Å²) in [6.07, 6.45) is 0. The number of anilines is 1. The number of nitro groups is 1. The van der Waals surface area contributed by atoms with Gasteiger partial charge in [-0.05, 0) is 24.3 Å². The Morgan fingerprint density at radius 2 is 2.08 bits per heavy atom. The molecule has 0 saturated carbocycles. The highest BCUT2D eigenvalue weighted by Crippen LogP contribution is 2.32. The third-order valence-electron chi connectivity index (χ3n) is 3.52. The Hall–Kier alpha value is -2.97. The van der Waals surface area contributed by atoms with Gasteiger partial charge in [0.25, 0.3) is 11.6 Å². The molecule has 9 heteroatoms. The van der Waals surface area contributed by atoms with Gasteiger partial charge < -0.3 is 4.74 Å². The van der Waals surface area contributed by atoms with E-state index in [1.54, 1.807) is 29.6 Å². The van der Waals surface area contributed by atoms with Crippen LogP contribution in [0.1, 0.15) is 10.4 Å². The molecule has 3 rings (SSSR count). The van der Waals surface area contributed by atoms with Crippen LogP contribution in [0.4, 0.5) is 10.8 Å². The fourth-order valence-corrected chi connectivity index (χ4v) is 3.25. The monoisotopic (exact) mass is 389 g/mol. The molecule has 0 aliphatic heterocycles. The van der Waals surface area contributed by atoms with Crippen molar-refractivity contribution in [1.29, 1.82) is 0 Å². The first kappa shape index (κ1) is 17.8. The number of methoxy groups -OCH3 is 1. The predicted octanol–water partition coefficient (Wildman–Crippen LogP) is 4.63. The molecule has 0 fully saturated rings. The maximum atomic E-state index is 12.3. The molecule has 3 aromatic rings. The minimum Gasteiger partial charge on any atom is -0.495 e. The molecule has 0 saturated heterocycles. The Labute approximate surface area is 157 Å². The van der Waals surface area contributed by atoms with Crippen molar-refractivity contribution in [1.82, 2.24) is 4.98 Å². The smallest absolute Gasteiger partial charge is 0.282 e. The lowest BCUT2D eigenvalue weighted by Gasteiger charge is -2.04. The van der Waals surface area contributed by atoms with Gasteiger partial charge in [-0.3, -0.25) is 20.2 Å². The first-order valence-corrected chi connectivity index (χ1v) is 8.59. The maximum Gasteiger partial charge on any atom is 0.282 e. The molecule has 2 aromatic carbocycles. The SMILES string of the molecule is COc1ccc(-c2csc(NC(=O)c3ccccc3[N+](=O)[O-])n2)cc1Cl. The lowest BCUT2D eigenvalue weighted by molar-refractivity contribution is -0.385. The van der Waals surface area contributed by atoms with Gasteiger partial charge in [0.1, 0.15) is 11.3 Å². The number of aromatic nitrogens is 1. The third kappa shape index (κ3) is 3.66. The molecule has 0 bridgehead atoms. The number of para-hydroxylation sites is 1. The van der Waals surface area contributed by atoms with Crippen LogP contribution in [0.15, 0.2) is 47.8 Å². The first-order chi connectivity index (χ1) is 12.5. The number of ether oxygens (including phenoxy) is 1. The van der Waals surface area contributed by atoms with Gasteiger partial charge in [-0.15, -0.1) is 11.3 Å². The Balaban J connectivity index is 1.82. The van der Waals surface area contributed by atoms with Crippen LogP contribution in [-0.4, -0.2) is 22.9 Å². The average molecular weight is 390 g/mol. The lowest BCUT2D eigenvalue weighted by atomic mass is 10.1. The number of carbonyl (C=O) groups is 1. The molecule has 0 atom stereocenters. The summed E-state index contributed by atoms with van der Waals surface area (Å²) in [5, 5.41) is 16.2. The highest BCUT2D eigenvalue weighted by atomic mass is 35.5. The Morgan fingerprint density at radius 3 is 2.77 bits per heavy atom. The van der Waals surface area contributed by atoms with Crippen molar-refractivity contribution >= 4 is 39.7 Å². The first-order valence-electron chi connectivity index (χ1n) is 7.34. The van der Waals surface area contributed by atoms with E-state index in [1.807, 2.05) is 0 Å². The number of carbonyl (C=O) groups excluding carboxylic acids is 1. The van der Waals surface area contributed by atoms with Crippen LogP contribution >= 0.6 is 22.9 Å². The van der Waals surface area contributed by atoms with Gasteiger partial charge in [0.2, 0.25) is 0 Å². The summed E-state index contributed by atoms with van der Waals surface area (Å²) in [7, 11) is 1.53. The van der Waals surface area contributed by atoms with Gasteiger partial charge in [0, 0.05) is 17.0 Å². The number of hydrogen-bond acceptors (Lipinski definition) is 6. The van der Waals surface area contributed by atoms with Crippen molar-refractivity contribution in [2.24, 2.45) is 0 Å².